The maximum atomic E-state index is 12.0. The number of rotatable bonds is 5. The summed E-state index contributed by atoms with van der Waals surface area (Å²) in [5, 5.41) is 25.3. The van der Waals surface area contributed by atoms with E-state index in [2.05, 4.69) is 25.9 Å². The number of likely N-dealkylation sites (tertiary alicyclic amines) is 1. The summed E-state index contributed by atoms with van der Waals surface area (Å²) >= 11 is 0. The number of nitrogens with one attached hydrogen (secondary N) is 2. The van der Waals surface area contributed by atoms with Gasteiger partial charge in [0.05, 0.1) is 12.0 Å². The van der Waals surface area contributed by atoms with E-state index in [1.165, 1.54) is 0 Å². The molecular weight excluding hydrogens is 276 g/mol. The van der Waals surface area contributed by atoms with Gasteiger partial charge in [0, 0.05) is 13.1 Å². The molecule has 0 radical (unpaired) electrons. The third-order valence-electron chi connectivity index (χ3n) is 3.98. The van der Waals surface area contributed by atoms with Gasteiger partial charge in [0.25, 0.3) is 0 Å². The van der Waals surface area contributed by atoms with E-state index >= 15 is 0 Å². The van der Waals surface area contributed by atoms with E-state index in [9.17, 15) is 14.7 Å². The Balaban J connectivity index is 1.85. The minimum Gasteiger partial charge on any atom is -0.481 e. The van der Waals surface area contributed by atoms with E-state index in [0.717, 1.165) is 6.42 Å². The molecule has 0 aromatic carbocycles. The summed E-state index contributed by atoms with van der Waals surface area (Å²) in [6.45, 7) is 3.08. The van der Waals surface area contributed by atoms with E-state index in [1.54, 1.807) is 4.90 Å². The van der Waals surface area contributed by atoms with E-state index in [4.69, 9.17) is 0 Å². The first kappa shape index (κ1) is 15.2. The lowest BCUT2D eigenvalue weighted by Gasteiger charge is -2.38. The van der Waals surface area contributed by atoms with Crippen molar-refractivity contribution in [1.82, 2.24) is 30.8 Å². The van der Waals surface area contributed by atoms with Gasteiger partial charge in [-0.2, -0.15) is 5.21 Å². The van der Waals surface area contributed by atoms with Gasteiger partial charge in [-0.05, 0) is 19.3 Å². The van der Waals surface area contributed by atoms with Crippen LogP contribution in [0, 0.1) is 5.41 Å². The molecule has 1 aromatic rings. The quantitative estimate of drug-likeness (QED) is 0.721. The average Bonchev–Trinajstić information content (AvgIpc) is 2.99. The molecule has 1 aromatic heterocycles. The molecule has 0 saturated carbocycles. The smallest absolute Gasteiger partial charge is 0.317 e. The number of carbonyl (C=O) groups is 2. The Kier molecular flexibility index (Phi) is 4.71. The Morgan fingerprint density at radius 3 is 2.67 bits per heavy atom. The molecule has 1 fully saturated rings. The molecule has 0 unspecified atom stereocenters. The first-order valence-electron chi connectivity index (χ1n) is 7.06. The van der Waals surface area contributed by atoms with Crippen molar-refractivity contribution in [3.63, 3.8) is 0 Å². The summed E-state index contributed by atoms with van der Waals surface area (Å²) in [6.07, 6.45) is 2.47. The molecular formula is C12H20N6O3. The van der Waals surface area contributed by atoms with E-state index in [0.29, 0.717) is 38.2 Å². The number of aliphatic carboxylic acids is 1. The summed E-state index contributed by atoms with van der Waals surface area (Å²) in [6, 6.07) is -0.227. The highest BCUT2D eigenvalue weighted by molar-refractivity contribution is 5.77. The summed E-state index contributed by atoms with van der Waals surface area (Å²) in [4.78, 5) is 25.1. The topological polar surface area (TPSA) is 124 Å². The average molecular weight is 296 g/mol. The summed E-state index contributed by atoms with van der Waals surface area (Å²) in [5.74, 6) is -0.345. The zero-order chi connectivity index (χ0) is 15.3. The highest BCUT2D eigenvalue weighted by Gasteiger charge is 2.41. The number of aromatic amines is 1. The number of carboxylic acid groups (broad SMARTS) is 1. The van der Waals surface area contributed by atoms with Crippen LogP contribution in [0.3, 0.4) is 0 Å². The molecule has 1 aliphatic rings. The number of tetrazole rings is 1. The van der Waals surface area contributed by atoms with Gasteiger partial charge in [-0.1, -0.05) is 18.6 Å². The van der Waals surface area contributed by atoms with Crippen LogP contribution in [0.15, 0.2) is 0 Å². The van der Waals surface area contributed by atoms with Crippen LogP contribution in [0.4, 0.5) is 4.79 Å². The molecule has 9 nitrogen and oxygen atoms in total. The Morgan fingerprint density at radius 1 is 1.43 bits per heavy atom. The minimum absolute atomic E-state index is 0.199. The molecule has 9 heteroatoms. The zero-order valence-electron chi connectivity index (χ0n) is 12.0. The highest BCUT2D eigenvalue weighted by atomic mass is 16.4. The number of nitrogens with zero attached hydrogens (tertiary/aromatic N) is 4. The fraction of sp³-hybridized carbons (Fsp3) is 0.750. The maximum absolute atomic E-state index is 12.0. The number of H-pyrrole nitrogens is 1. The number of hydrogen-bond donors (Lipinski definition) is 3. The number of aromatic nitrogens is 4. The molecule has 21 heavy (non-hydrogen) atoms. The number of piperidine rings is 1. The molecule has 0 bridgehead atoms. The number of carbonyl (C=O) groups excluding carboxylic acids is 1. The SMILES string of the molecule is CCCC1(C(=O)O)CCN(C(=O)NCc2nn[nH]n2)CC1. The molecule has 3 N–H and O–H groups in total. The fourth-order valence-corrected chi connectivity index (χ4v) is 2.71. The molecule has 2 amide bonds. The van der Waals surface area contributed by atoms with Gasteiger partial charge >= 0.3 is 12.0 Å². The number of urea groups is 1. The minimum atomic E-state index is -0.754. The van der Waals surface area contributed by atoms with Crippen molar-refractivity contribution >= 4 is 12.0 Å². The second-order valence-electron chi connectivity index (χ2n) is 5.31. The van der Waals surface area contributed by atoms with Crippen molar-refractivity contribution in [2.24, 2.45) is 5.41 Å². The van der Waals surface area contributed by atoms with Crippen molar-refractivity contribution in [3.8, 4) is 0 Å². The third-order valence-corrected chi connectivity index (χ3v) is 3.98. The predicted octanol–water partition coefficient (Wildman–Crippen LogP) is 0.376. The summed E-state index contributed by atoms with van der Waals surface area (Å²) in [7, 11) is 0. The zero-order valence-corrected chi connectivity index (χ0v) is 12.0. The van der Waals surface area contributed by atoms with Crippen LogP contribution < -0.4 is 5.32 Å². The van der Waals surface area contributed by atoms with Gasteiger partial charge in [-0.25, -0.2) is 4.79 Å². The molecule has 116 valence electrons. The van der Waals surface area contributed by atoms with Gasteiger partial charge in [-0.15, -0.1) is 10.2 Å². The monoisotopic (exact) mass is 296 g/mol. The van der Waals surface area contributed by atoms with Crippen LogP contribution in [0.5, 0.6) is 0 Å². The fourth-order valence-electron chi connectivity index (χ4n) is 2.71. The first-order chi connectivity index (χ1) is 10.1. The Labute approximate surface area is 122 Å². The molecule has 0 aliphatic carbocycles. The number of hydrogen-bond acceptors (Lipinski definition) is 5. The van der Waals surface area contributed by atoms with Gasteiger partial charge in [0.1, 0.15) is 0 Å². The predicted molar refractivity (Wildman–Crippen MR) is 72.2 cm³/mol. The molecule has 0 spiro atoms. The van der Waals surface area contributed by atoms with Gasteiger partial charge in [0.15, 0.2) is 5.82 Å². The third kappa shape index (κ3) is 3.47. The number of amides is 2. The van der Waals surface area contributed by atoms with Crippen LogP contribution in [0.1, 0.15) is 38.4 Å². The normalized spacial score (nSPS) is 17.5. The second-order valence-corrected chi connectivity index (χ2v) is 5.31. The Morgan fingerprint density at radius 2 is 2.14 bits per heavy atom. The molecule has 0 atom stereocenters. The van der Waals surface area contributed by atoms with Crippen molar-refractivity contribution in [2.75, 3.05) is 13.1 Å². The van der Waals surface area contributed by atoms with Crippen molar-refractivity contribution < 1.29 is 14.7 Å². The number of carboxylic acids is 1. The lowest BCUT2D eigenvalue weighted by molar-refractivity contribution is -0.152. The maximum Gasteiger partial charge on any atom is 0.317 e. The van der Waals surface area contributed by atoms with Gasteiger partial charge < -0.3 is 15.3 Å². The van der Waals surface area contributed by atoms with Crippen molar-refractivity contribution in [2.45, 2.75) is 39.2 Å². The van der Waals surface area contributed by atoms with Gasteiger partial charge in [0.2, 0.25) is 0 Å². The van der Waals surface area contributed by atoms with Gasteiger partial charge in [-0.3, -0.25) is 4.79 Å². The highest BCUT2D eigenvalue weighted by Crippen LogP contribution is 2.36. The lowest BCUT2D eigenvalue weighted by Crippen LogP contribution is -2.49. The molecule has 2 rings (SSSR count). The van der Waals surface area contributed by atoms with Crippen LogP contribution in [0.25, 0.3) is 0 Å². The summed E-state index contributed by atoms with van der Waals surface area (Å²) in [5.41, 5.74) is -0.681. The largest absolute Gasteiger partial charge is 0.481 e. The van der Waals surface area contributed by atoms with Crippen LogP contribution >= 0.6 is 0 Å². The molecule has 1 saturated heterocycles. The first-order valence-corrected chi connectivity index (χ1v) is 7.06. The van der Waals surface area contributed by atoms with Crippen LogP contribution in [-0.4, -0.2) is 55.7 Å². The standard InChI is InChI=1S/C12H20N6O3/c1-2-3-12(10(19)20)4-6-18(7-5-12)11(21)13-8-9-14-16-17-15-9/h2-8H2,1H3,(H,13,21)(H,19,20)(H,14,15,16,17). The second kappa shape index (κ2) is 6.51. The summed E-state index contributed by atoms with van der Waals surface area (Å²) < 4.78 is 0. The Bertz CT molecular complexity index is 481. The Hall–Kier alpha value is -2.19. The van der Waals surface area contributed by atoms with Crippen LogP contribution in [0.2, 0.25) is 0 Å². The van der Waals surface area contributed by atoms with Crippen molar-refractivity contribution in [1.29, 1.82) is 0 Å². The van der Waals surface area contributed by atoms with Crippen LogP contribution in [-0.2, 0) is 11.3 Å². The van der Waals surface area contributed by atoms with E-state index in [-0.39, 0.29) is 12.6 Å². The van der Waals surface area contributed by atoms with Crippen molar-refractivity contribution in [3.05, 3.63) is 5.82 Å². The van der Waals surface area contributed by atoms with E-state index < -0.39 is 11.4 Å². The molecule has 1 aliphatic heterocycles. The molecule has 2 heterocycles. The van der Waals surface area contributed by atoms with E-state index in [1.807, 2.05) is 6.92 Å². The lowest BCUT2D eigenvalue weighted by atomic mass is 9.75.